The summed E-state index contributed by atoms with van der Waals surface area (Å²) in [4.78, 5) is 8.19. The molecule has 0 aliphatic heterocycles. The highest BCUT2D eigenvalue weighted by molar-refractivity contribution is 6.29. The Bertz CT molecular complexity index is 617. The van der Waals surface area contributed by atoms with Crippen molar-refractivity contribution in [1.82, 2.24) is 9.97 Å². The van der Waals surface area contributed by atoms with Crippen LogP contribution in [0.2, 0.25) is 5.15 Å². The molecular weight excluding hydrogens is 210 g/mol. The number of rotatable bonds is 0. The minimum atomic E-state index is 0.341. The molecule has 0 amide bonds. The Morgan fingerprint density at radius 2 is 2.13 bits per heavy atom. The van der Waals surface area contributed by atoms with Gasteiger partial charge in [0.25, 0.3) is 0 Å². The van der Waals surface area contributed by atoms with Gasteiger partial charge in [0.2, 0.25) is 0 Å². The lowest BCUT2D eigenvalue weighted by atomic mass is 10.2. The first kappa shape index (κ1) is 9.45. The fourth-order valence-corrected chi connectivity index (χ4v) is 1.31. The van der Waals surface area contributed by atoms with Crippen molar-refractivity contribution in [1.29, 1.82) is 5.26 Å². The van der Waals surface area contributed by atoms with Crippen molar-refractivity contribution in [2.45, 2.75) is 0 Å². The zero-order valence-corrected chi connectivity index (χ0v) is 8.28. The Kier molecular flexibility index (Phi) is 2.49. The Morgan fingerprint density at radius 3 is 2.93 bits per heavy atom. The number of nitriles is 1. The standard InChI is InChI=1S/C11H4ClN3/c12-11-7-14-9-4-3-8(2-1-5-13)6-10(9)15-11/h3-4,6-7H. The van der Waals surface area contributed by atoms with Crippen LogP contribution in [0, 0.1) is 23.2 Å². The van der Waals surface area contributed by atoms with Crippen LogP contribution < -0.4 is 0 Å². The number of benzene rings is 1. The molecule has 0 atom stereocenters. The van der Waals surface area contributed by atoms with Crippen LogP contribution in [0.15, 0.2) is 24.4 Å². The maximum atomic E-state index is 8.31. The second-order valence-corrected chi connectivity index (χ2v) is 3.15. The Hall–Kier alpha value is -2.10. The van der Waals surface area contributed by atoms with E-state index in [0.717, 1.165) is 11.1 Å². The van der Waals surface area contributed by atoms with Crippen LogP contribution in [0.5, 0.6) is 0 Å². The molecule has 0 unspecified atom stereocenters. The molecular formula is C11H4ClN3. The fourth-order valence-electron chi connectivity index (χ4n) is 1.17. The Morgan fingerprint density at radius 1 is 1.27 bits per heavy atom. The number of aromatic nitrogens is 2. The van der Waals surface area contributed by atoms with Gasteiger partial charge in [-0.3, -0.25) is 4.98 Å². The third-order valence-corrected chi connectivity index (χ3v) is 1.96. The number of hydrogen-bond acceptors (Lipinski definition) is 3. The lowest BCUT2D eigenvalue weighted by Gasteiger charge is -1.96. The molecule has 0 saturated carbocycles. The third-order valence-electron chi connectivity index (χ3n) is 1.78. The molecule has 0 bridgehead atoms. The van der Waals surface area contributed by atoms with E-state index in [2.05, 4.69) is 21.8 Å². The normalized spacial score (nSPS) is 9.07. The molecule has 1 aromatic carbocycles. The zero-order valence-electron chi connectivity index (χ0n) is 7.53. The average Bonchev–Trinajstić information content (AvgIpc) is 2.25. The second kappa shape index (κ2) is 3.96. The molecule has 0 aliphatic carbocycles. The van der Waals surface area contributed by atoms with Gasteiger partial charge in [-0.25, -0.2) is 4.98 Å². The van der Waals surface area contributed by atoms with E-state index in [9.17, 15) is 0 Å². The van der Waals surface area contributed by atoms with E-state index >= 15 is 0 Å². The number of fused-ring (bicyclic) bond motifs is 1. The second-order valence-electron chi connectivity index (χ2n) is 2.76. The molecule has 70 valence electrons. The van der Waals surface area contributed by atoms with Crippen LogP contribution in [-0.4, -0.2) is 9.97 Å². The minimum absolute atomic E-state index is 0.341. The Labute approximate surface area is 91.3 Å². The summed E-state index contributed by atoms with van der Waals surface area (Å²) >= 11 is 5.71. The Balaban J connectivity index is 2.60. The van der Waals surface area contributed by atoms with Crippen LogP contribution in [-0.2, 0) is 0 Å². The largest absolute Gasteiger partial charge is 0.251 e. The summed E-state index contributed by atoms with van der Waals surface area (Å²) in [6.07, 6.45) is 1.49. The van der Waals surface area contributed by atoms with E-state index in [-0.39, 0.29) is 0 Å². The van der Waals surface area contributed by atoms with E-state index < -0.39 is 0 Å². The molecule has 1 heterocycles. The molecule has 3 nitrogen and oxygen atoms in total. The van der Waals surface area contributed by atoms with Crippen LogP contribution >= 0.6 is 11.6 Å². The smallest absolute Gasteiger partial charge is 0.152 e. The van der Waals surface area contributed by atoms with Gasteiger partial charge < -0.3 is 0 Å². The molecule has 2 aromatic rings. The van der Waals surface area contributed by atoms with E-state index in [1.54, 1.807) is 24.3 Å². The first-order valence-electron chi connectivity index (χ1n) is 4.12. The number of hydrogen-bond donors (Lipinski definition) is 0. The quantitative estimate of drug-likeness (QED) is 0.630. The molecule has 2 rings (SSSR count). The fraction of sp³-hybridized carbons (Fsp3) is 0. The summed E-state index contributed by atoms with van der Waals surface area (Å²) in [7, 11) is 0. The van der Waals surface area contributed by atoms with Crippen molar-refractivity contribution in [3.8, 4) is 17.9 Å². The third kappa shape index (κ3) is 2.04. The summed E-state index contributed by atoms with van der Waals surface area (Å²) in [6.45, 7) is 0. The maximum Gasteiger partial charge on any atom is 0.152 e. The van der Waals surface area contributed by atoms with Crippen molar-refractivity contribution in [3.63, 3.8) is 0 Å². The van der Waals surface area contributed by atoms with Crippen molar-refractivity contribution in [3.05, 3.63) is 35.1 Å². The highest BCUT2D eigenvalue weighted by Crippen LogP contribution is 2.13. The van der Waals surface area contributed by atoms with E-state index in [0.29, 0.717) is 10.7 Å². The predicted molar refractivity (Wildman–Crippen MR) is 57.0 cm³/mol. The highest BCUT2D eigenvalue weighted by Gasteiger charge is 1.98. The van der Waals surface area contributed by atoms with Crippen LogP contribution in [0.25, 0.3) is 11.0 Å². The molecule has 0 saturated heterocycles. The summed E-state index contributed by atoms with van der Waals surface area (Å²) in [5.41, 5.74) is 2.15. The van der Waals surface area contributed by atoms with Gasteiger partial charge in [-0.1, -0.05) is 17.5 Å². The molecule has 0 spiro atoms. The zero-order chi connectivity index (χ0) is 10.7. The molecule has 1 aromatic heterocycles. The number of nitrogens with zero attached hydrogens (tertiary/aromatic N) is 3. The lowest BCUT2D eigenvalue weighted by molar-refractivity contribution is 1.29. The number of halogens is 1. The van der Waals surface area contributed by atoms with Crippen molar-refractivity contribution >= 4 is 22.6 Å². The van der Waals surface area contributed by atoms with Crippen LogP contribution in [0.3, 0.4) is 0 Å². The van der Waals surface area contributed by atoms with Gasteiger partial charge in [0.1, 0.15) is 5.15 Å². The molecule has 0 N–H and O–H groups in total. The molecule has 0 radical (unpaired) electrons. The van der Waals surface area contributed by atoms with Gasteiger partial charge in [-0.15, -0.1) is 0 Å². The topological polar surface area (TPSA) is 49.6 Å². The van der Waals surface area contributed by atoms with Crippen molar-refractivity contribution < 1.29 is 0 Å². The first-order valence-corrected chi connectivity index (χ1v) is 4.50. The maximum absolute atomic E-state index is 8.31. The molecule has 0 fully saturated rings. The van der Waals surface area contributed by atoms with Crippen molar-refractivity contribution in [2.75, 3.05) is 0 Å². The van der Waals surface area contributed by atoms with Crippen molar-refractivity contribution in [2.24, 2.45) is 0 Å². The lowest BCUT2D eigenvalue weighted by Crippen LogP contribution is -1.85. The molecule has 15 heavy (non-hydrogen) atoms. The van der Waals surface area contributed by atoms with Gasteiger partial charge >= 0.3 is 0 Å². The first-order chi connectivity index (χ1) is 7.29. The van der Waals surface area contributed by atoms with Crippen LogP contribution in [0.1, 0.15) is 5.56 Å². The molecule has 4 heteroatoms. The molecule has 0 aliphatic rings. The minimum Gasteiger partial charge on any atom is -0.251 e. The monoisotopic (exact) mass is 213 g/mol. The van der Waals surface area contributed by atoms with Gasteiger partial charge in [0, 0.05) is 11.5 Å². The van der Waals surface area contributed by atoms with Gasteiger partial charge in [0.15, 0.2) is 6.07 Å². The summed E-state index contributed by atoms with van der Waals surface area (Å²) in [5.74, 6) is 5.00. The van der Waals surface area contributed by atoms with Gasteiger partial charge in [0.05, 0.1) is 17.2 Å². The summed E-state index contributed by atoms with van der Waals surface area (Å²) in [5, 5.41) is 8.65. The average molecular weight is 214 g/mol. The van der Waals surface area contributed by atoms with Gasteiger partial charge in [-0.05, 0) is 18.2 Å². The van der Waals surface area contributed by atoms with E-state index in [4.69, 9.17) is 16.9 Å². The highest BCUT2D eigenvalue weighted by atomic mass is 35.5. The predicted octanol–water partition coefficient (Wildman–Crippen LogP) is 2.16. The van der Waals surface area contributed by atoms with E-state index in [1.807, 2.05) is 0 Å². The SMILES string of the molecule is N#CC#Cc1ccc2ncc(Cl)nc2c1. The van der Waals surface area contributed by atoms with Crippen LogP contribution in [0.4, 0.5) is 0 Å². The summed E-state index contributed by atoms with van der Waals surface area (Å²) in [6, 6.07) is 7.08. The van der Waals surface area contributed by atoms with E-state index in [1.165, 1.54) is 6.20 Å². The summed E-state index contributed by atoms with van der Waals surface area (Å²) < 4.78 is 0. The van der Waals surface area contributed by atoms with Gasteiger partial charge in [-0.2, -0.15) is 5.26 Å².